The number of hydrogen-bond donors (Lipinski definition) is 1. The summed E-state index contributed by atoms with van der Waals surface area (Å²) in [7, 11) is -3.79. The molecule has 5 nitrogen and oxygen atoms in total. The second-order valence-corrected chi connectivity index (χ2v) is 7.86. The van der Waals surface area contributed by atoms with Gasteiger partial charge in [0.05, 0.1) is 23.4 Å². The van der Waals surface area contributed by atoms with Crippen molar-refractivity contribution in [3.8, 4) is 0 Å². The van der Waals surface area contributed by atoms with Gasteiger partial charge < -0.3 is 9.84 Å². The molecular weight excluding hydrogens is 364 g/mol. The molecule has 0 bridgehead atoms. The van der Waals surface area contributed by atoms with E-state index < -0.39 is 33.6 Å². The minimum absolute atomic E-state index is 0.0793. The minimum atomic E-state index is -3.79. The van der Waals surface area contributed by atoms with Gasteiger partial charge in [0.15, 0.2) is 9.84 Å². The normalized spacial score (nSPS) is 13.9. The van der Waals surface area contributed by atoms with Crippen LogP contribution >= 0.6 is 11.6 Å². The molecule has 25 heavy (non-hydrogen) atoms. The number of carbonyl (C=O) groups excluding carboxylic acids is 1. The summed E-state index contributed by atoms with van der Waals surface area (Å²) in [6.07, 6.45) is -1.40. The number of carbonyl (C=O) groups is 1. The van der Waals surface area contributed by atoms with Gasteiger partial charge in [-0.1, -0.05) is 48.0 Å². The Kier molecular flexibility index (Phi) is 6.58. The molecule has 0 aliphatic carbocycles. The second-order valence-electron chi connectivity index (χ2n) is 5.42. The van der Waals surface area contributed by atoms with Crippen LogP contribution in [0.15, 0.2) is 59.5 Å². The highest BCUT2D eigenvalue weighted by molar-refractivity contribution is 7.91. The lowest BCUT2D eigenvalue weighted by molar-refractivity contribution is -0.151. The first-order valence-electron chi connectivity index (χ1n) is 7.73. The standard InChI is InChI=1S/C18H19ClO5S/c1-2-24-18(21)15(17(20)14-10-6-7-11-16(14)19)12-25(22,23)13-8-4-3-5-9-13/h3-11,15,17,20H,2,12H2,1H3/t15-,17+/m1/s1. The molecule has 7 heteroatoms. The Morgan fingerprint density at radius 1 is 1.12 bits per heavy atom. The highest BCUT2D eigenvalue weighted by Gasteiger charge is 2.35. The van der Waals surface area contributed by atoms with Crippen LogP contribution in [0.4, 0.5) is 0 Å². The zero-order valence-electron chi connectivity index (χ0n) is 13.6. The number of sulfone groups is 1. The third kappa shape index (κ3) is 4.81. The first-order valence-corrected chi connectivity index (χ1v) is 9.76. The summed E-state index contributed by atoms with van der Waals surface area (Å²) in [6, 6.07) is 14.2. The number of hydrogen-bond acceptors (Lipinski definition) is 5. The van der Waals surface area contributed by atoms with Crippen LogP contribution in [0.3, 0.4) is 0 Å². The van der Waals surface area contributed by atoms with E-state index in [9.17, 15) is 18.3 Å². The van der Waals surface area contributed by atoms with Gasteiger partial charge in [-0.3, -0.25) is 4.79 Å². The molecule has 0 radical (unpaired) electrons. The van der Waals surface area contributed by atoms with E-state index in [0.29, 0.717) is 0 Å². The van der Waals surface area contributed by atoms with E-state index in [1.54, 1.807) is 49.4 Å². The molecule has 0 saturated heterocycles. The molecular formula is C18H19ClO5S. The summed E-state index contributed by atoms with van der Waals surface area (Å²) in [6.45, 7) is 1.69. The van der Waals surface area contributed by atoms with Crippen molar-refractivity contribution in [2.75, 3.05) is 12.4 Å². The van der Waals surface area contributed by atoms with Crippen LogP contribution in [0.25, 0.3) is 0 Å². The van der Waals surface area contributed by atoms with Crippen molar-refractivity contribution in [2.45, 2.75) is 17.9 Å². The molecule has 0 aromatic heterocycles. The van der Waals surface area contributed by atoms with Gasteiger partial charge >= 0.3 is 5.97 Å². The highest BCUT2D eigenvalue weighted by atomic mass is 35.5. The van der Waals surface area contributed by atoms with Gasteiger partial charge in [-0.2, -0.15) is 0 Å². The second kappa shape index (κ2) is 8.47. The van der Waals surface area contributed by atoms with Crippen molar-refractivity contribution in [1.29, 1.82) is 0 Å². The maximum absolute atomic E-state index is 12.6. The lowest BCUT2D eigenvalue weighted by Crippen LogP contribution is -2.31. The molecule has 2 rings (SSSR count). The van der Waals surface area contributed by atoms with Gasteiger partial charge in [-0.15, -0.1) is 0 Å². The average Bonchev–Trinajstić information content (AvgIpc) is 2.60. The molecule has 0 spiro atoms. The Bertz CT molecular complexity index is 820. The summed E-state index contributed by atoms with van der Waals surface area (Å²) in [5, 5.41) is 10.9. The van der Waals surface area contributed by atoms with Crippen molar-refractivity contribution in [3.05, 3.63) is 65.2 Å². The average molecular weight is 383 g/mol. The van der Waals surface area contributed by atoms with Crippen molar-refractivity contribution < 1.29 is 23.1 Å². The van der Waals surface area contributed by atoms with Gasteiger partial charge in [0.2, 0.25) is 0 Å². The Morgan fingerprint density at radius 2 is 1.72 bits per heavy atom. The van der Waals surface area contributed by atoms with E-state index in [2.05, 4.69) is 0 Å². The molecule has 0 saturated carbocycles. The minimum Gasteiger partial charge on any atom is -0.466 e. The predicted octanol–water partition coefficient (Wildman–Crippen LogP) is 3.03. The number of esters is 1. The molecule has 0 unspecified atom stereocenters. The molecule has 0 heterocycles. The number of rotatable bonds is 7. The fourth-order valence-corrected chi connectivity index (χ4v) is 4.23. The van der Waals surface area contributed by atoms with Crippen molar-refractivity contribution in [1.82, 2.24) is 0 Å². The summed E-state index contributed by atoms with van der Waals surface area (Å²) in [5.74, 6) is -2.65. The fourth-order valence-electron chi connectivity index (χ4n) is 2.43. The number of halogens is 1. The van der Waals surface area contributed by atoms with Crippen molar-refractivity contribution >= 4 is 27.4 Å². The maximum Gasteiger partial charge on any atom is 0.312 e. The van der Waals surface area contributed by atoms with Crippen LogP contribution in [0.1, 0.15) is 18.6 Å². The molecule has 0 aliphatic heterocycles. The van der Waals surface area contributed by atoms with Crippen LogP contribution < -0.4 is 0 Å². The van der Waals surface area contributed by atoms with Crippen LogP contribution in [-0.4, -0.2) is 31.9 Å². The smallest absolute Gasteiger partial charge is 0.312 e. The quantitative estimate of drug-likeness (QED) is 0.744. The summed E-state index contributed by atoms with van der Waals surface area (Å²) in [5.41, 5.74) is 0.283. The van der Waals surface area contributed by atoms with E-state index in [1.165, 1.54) is 12.1 Å². The molecule has 0 aliphatic rings. The molecule has 2 atom stereocenters. The molecule has 1 N–H and O–H groups in total. The Balaban J connectivity index is 2.37. The summed E-state index contributed by atoms with van der Waals surface area (Å²) in [4.78, 5) is 12.4. The SMILES string of the molecule is CCOC(=O)[C@H](CS(=O)(=O)c1ccccc1)[C@@H](O)c1ccccc1Cl. The fraction of sp³-hybridized carbons (Fsp3) is 0.278. The van der Waals surface area contributed by atoms with Crippen molar-refractivity contribution in [2.24, 2.45) is 5.92 Å². The Hall–Kier alpha value is -1.89. The Labute approximate surface area is 152 Å². The van der Waals surface area contributed by atoms with Gasteiger partial charge in [-0.25, -0.2) is 8.42 Å². The van der Waals surface area contributed by atoms with E-state index >= 15 is 0 Å². The topological polar surface area (TPSA) is 80.7 Å². The molecule has 134 valence electrons. The molecule has 0 fully saturated rings. The predicted molar refractivity (Wildman–Crippen MR) is 95.0 cm³/mol. The highest BCUT2D eigenvalue weighted by Crippen LogP contribution is 2.31. The first kappa shape index (κ1) is 19.4. The van der Waals surface area contributed by atoms with E-state index in [1.807, 2.05) is 0 Å². The van der Waals surface area contributed by atoms with Gasteiger partial charge in [-0.05, 0) is 30.7 Å². The lowest BCUT2D eigenvalue weighted by Gasteiger charge is -2.22. The number of aliphatic hydroxyl groups is 1. The monoisotopic (exact) mass is 382 g/mol. The Morgan fingerprint density at radius 3 is 2.32 bits per heavy atom. The maximum atomic E-state index is 12.6. The molecule has 0 amide bonds. The van der Waals surface area contributed by atoms with Gasteiger partial charge in [0.25, 0.3) is 0 Å². The number of benzene rings is 2. The zero-order chi connectivity index (χ0) is 18.4. The first-order chi connectivity index (χ1) is 11.9. The van der Waals surface area contributed by atoms with Crippen LogP contribution in [0.5, 0.6) is 0 Å². The van der Waals surface area contributed by atoms with Gasteiger partial charge in [0.1, 0.15) is 5.92 Å². The van der Waals surface area contributed by atoms with E-state index in [4.69, 9.17) is 16.3 Å². The van der Waals surface area contributed by atoms with Crippen LogP contribution in [-0.2, 0) is 19.4 Å². The van der Waals surface area contributed by atoms with Crippen LogP contribution in [0, 0.1) is 5.92 Å². The van der Waals surface area contributed by atoms with E-state index in [0.717, 1.165) is 0 Å². The van der Waals surface area contributed by atoms with Crippen molar-refractivity contribution in [3.63, 3.8) is 0 Å². The van der Waals surface area contributed by atoms with Crippen LogP contribution in [0.2, 0.25) is 5.02 Å². The molecule has 2 aromatic carbocycles. The summed E-state index contributed by atoms with van der Waals surface area (Å²) >= 11 is 6.07. The summed E-state index contributed by atoms with van der Waals surface area (Å²) < 4.78 is 30.2. The van der Waals surface area contributed by atoms with E-state index in [-0.39, 0.29) is 22.1 Å². The third-order valence-corrected chi connectivity index (χ3v) is 5.83. The lowest BCUT2D eigenvalue weighted by atomic mass is 9.97. The zero-order valence-corrected chi connectivity index (χ0v) is 15.2. The third-order valence-electron chi connectivity index (χ3n) is 3.70. The van der Waals surface area contributed by atoms with Gasteiger partial charge in [0, 0.05) is 5.02 Å². The number of aliphatic hydroxyl groups excluding tert-OH is 1. The number of ether oxygens (including phenoxy) is 1. The largest absolute Gasteiger partial charge is 0.466 e. The molecule has 2 aromatic rings.